The van der Waals surface area contributed by atoms with Crippen LogP contribution in [0.5, 0.6) is 0 Å². The Labute approximate surface area is 146 Å². The van der Waals surface area contributed by atoms with Crippen molar-refractivity contribution in [3.8, 4) is 11.3 Å². The van der Waals surface area contributed by atoms with Crippen LogP contribution in [0.3, 0.4) is 0 Å². The molecule has 2 N–H and O–H groups in total. The highest BCUT2D eigenvalue weighted by Gasteiger charge is 2.19. The van der Waals surface area contributed by atoms with Crippen molar-refractivity contribution in [3.63, 3.8) is 0 Å². The van der Waals surface area contributed by atoms with Gasteiger partial charge >= 0.3 is 0 Å². The van der Waals surface area contributed by atoms with Gasteiger partial charge < -0.3 is 5.32 Å². The minimum atomic E-state index is -0.370. The molecule has 6 nitrogen and oxygen atoms in total. The molecular weight excluding hydrogens is 341 g/mol. The van der Waals surface area contributed by atoms with Gasteiger partial charge in [0, 0.05) is 23.3 Å². The predicted molar refractivity (Wildman–Crippen MR) is 92.9 cm³/mol. The molecule has 1 atom stereocenters. The van der Waals surface area contributed by atoms with E-state index in [9.17, 15) is 9.18 Å². The number of fused-ring (bicyclic) bond motifs is 1. The maximum absolute atomic E-state index is 13.4. The summed E-state index contributed by atoms with van der Waals surface area (Å²) in [5.41, 5.74) is 2.18. The molecule has 0 radical (unpaired) electrons. The molecule has 3 heterocycles. The summed E-state index contributed by atoms with van der Waals surface area (Å²) in [5.74, 6) is -0.665. The summed E-state index contributed by atoms with van der Waals surface area (Å²) in [5, 5.41) is 11.6. The lowest BCUT2D eigenvalue weighted by molar-refractivity contribution is 0.0940. The Morgan fingerprint density at radius 2 is 2.32 bits per heavy atom. The predicted octanol–water partition coefficient (Wildman–Crippen LogP) is 3.42. The molecular formula is C17H14FN5OS. The Kier molecular flexibility index (Phi) is 3.81. The van der Waals surface area contributed by atoms with Gasteiger partial charge in [0.15, 0.2) is 4.96 Å². The number of carbonyl (C=O) groups is 1. The fourth-order valence-corrected chi connectivity index (χ4v) is 3.33. The number of imidazole rings is 1. The summed E-state index contributed by atoms with van der Waals surface area (Å²) in [6.07, 6.45) is 5.25. The van der Waals surface area contributed by atoms with Crippen LogP contribution in [0.25, 0.3) is 16.2 Å². The van der Waals surface area contributed by atoms with E-state index in [2.05, 4.69) is 20.5 Å². The van der Waals surface area contributed by atoms with Gasteiger partial charge in [-0.15, -0.1) is 11.3 Å². The molecule has 126 valence electrons. The molecule has 25 heavy (non-hydrogen) atoms. The summed E-state index contributed by atoms with van der Waals surface area (Å²) in [4.78, 5) is 18.0. The lowest BCUT2D eigenvalue weighted by atomic mass is 10.1. The van der Waals surface area contributed by atoms with Gasteiger partial charge in [0.05, 0.1) is 29.2 Å². The molecule has 0 saturated carbocycles. The van der Waals surface area contributed by atoms with Gasteiger partial charge in [-0.2, -0.15) is 5.10 Å². The smallest absolute Gasteiger partial charge is 0.255 e. The van der Waals surface area contributed by atoms with Gasteiger partial charge in [0.1, 0.15) is 5.82 Å². The summed E-state index contributed by atoms with van der Waals surface area (Å²) in [7, 11) is 0. The molecule has 0 fully saturated rings. The number of rotatable bonds is 4. The van der Waals surface area contributed by atoms with Gasteiger partial charge in [0.25, 0.3) is 5.91 Å². The van der Waals surface area contributed by atoms with E-state index in [1.807, 2.05) is 29.1 Å². The lowest BCUT2D eigenvalue weighted by Crippen LogP contribution is -2.27. The SMILES string of the molecule is CC(NC(=O)c1cn[nH]c1-c1cccc(F)c1)c1cn2ccsc2n1. The average molecular weight is 355 g/mol. The van der Waals surface area contributed by atoms with Crippen LogP contribution in [0.15, 0.2) is 48.2 Å². The Bertz CT molecular complexity index is 1020. The maximum atomic E-state index is 13.4. The van der Waals surface area contributed by atoms with Crippen LogP contribution in [-0.2, 0) is 0 Å². The number of aromatic nitrogens is 4. The van der Waals surface area contributed by atoms with Crippen molar-refractivity contribution >= 4 is 22.2 Å². The number of hydrogen-bond acceptors (Lipinski definition) is 4. The van der Waals surface area contributed by atoms with E-state index in [1.165, 1.54) is 29.7 Å². The summed E-state index contributed by atoms with van der Waals surface area (Å²) >= 11 is 1.53. The molecule has 0 saturated heterocycles. The number of nitrogens with one attached hydrogen (secondary N) is 2. The van der Waals surface area contributed by atoms with E-state index >= 15 is 0 Å². The number of halogens is 1. The number of H-pyrrole nitrogens is 1. The zero-order chi connectivity index (χ0) is 17.4. The molecule has 0 aliphatic heterocycles. The average Bonchev–Trinajstić information content (AvgIpc) is 3.30. The van der Waals surface area contributed by atoms with E-state index in [-0.39, 0.29) is 17.8 Å². The zero-order valence-electron chi connectivity index (χ0n) is 13.2. The summed E-state index contributed by atoms with van der Waals surface area (Å²) in [6, 6.07) is 5.76. The molecule has 0 spiro atoms. The highest BCUT2D eigenvalue weighted by Crippen LogP contribution is 2.23. The van der Waals surface area contributed by atoms with Gasteiger partial charge in [-0.1, -0.05) is 12.1 Å². The van der Waals surface area contributed by atoms with E-state index in [4.69, 9.17) is 0 Å². The summed E-state index contributed by atoms with van der Waals surface area (Å²) in [6.45, 7) is 1.87. The Hall–Kier alpha value is -3.00. The van der Waals surface area contributed by atoms with Crippen molar-refractivity contribution in [2.24, 2.45) is 0 Å². The fourth-order valence-electron chi connectivity index (χ4n) is 2.62. The van der Waals surface area contributed by atoms with E-state index in [0.717, 1.165) is 10.7 Å². The maximum Gasteiger partial charge on any atom is 0.255 e. The van der Waals surface area contributed by atoms with Gasteiger partial charge in [0.2, 0.25) is 0 Å². The molecule has 0 aliphatic carbocycles. The molecule has 0 bridgehead atoms. The molecule has 8 heteroatoms. The number of hydrogen-bond donors (Lipinski definition) is 2. The molecule has 3 aromatic heterocycles. The number of aromatic amines is 1. The molecule has 4 rings (SSSR count). The molecule has 4 aromatic rings. The standard InChI is InChI=1S/C17H14FN5OS/c1-10(14-9-23-5-6-25-17(23)21-14)20-16(24)13-8-19-22-15(13)11-3-2-4-12(18)7-11/h2-10H,1H3,(H,19,22)(H,20,24). The molecule has 1 aromatic carbocycles. The first-order valence-corrected chi connectivity index (χ1v) is 8.52. The van der Waals surface area contributed by atoms with Crippen LogP contribution < -0.4 is 5.32 Å². The van der Waals surface area contributed by atoms with Crippen LogP contribution in [0.4, 0.5) is 4.39 Å². The quantitative estimate of drug-likeness (QED) is 0.589. The fraction of sp³-hybridized carbons (Fsp3) is 0.118. The van der Waals surface area contributed by atoms with E-state index < -0.39 is 0 Å². The van der Waals surface area contributed by atoms with Crippen molar-refractivity contribution < 1.29 is 9.18 Å². The van der Waals surface area contributed by atoms with Crippen molar-refractivity contribution in [3.05, 3.63) is 65.3 Å². The number of carbonyl (C=O) groups excluding carboxylic acids is 1. The first-order chi connectivity index (χ1) is 12.1. The van der Waals surface area contributed by atoms with Crippen molar-refractivity contribution in [2.45, 2.75) is 13.0 Å². The second kappa shape index (κ2) is 6.14. The first-order valence-electron chi connectivity index (χ1n) is 7.64. The number of amides is 1. The topological polar surface area (TPSA) is 75.1 Å². The second-order valence-electron chi connectivity index (χ2n) is 5.62. The van der Waals surface area contributed by atoms with Crippen LogP contribution in [0.2, 0.25) is 0 Å². The summed E-state index contributed by atoms with van der Waals surface area (Å²) < 4.78 is 15.4. The van der Waals surface area contributed by atoms with Gasteiger partial charge in [-0.3, -0.25) is 14.3 Å². The Balaban J connectivity index is 1.57. The highest BCUT2D eigenvalue weighted by atomic mass is 32.1. The van der Waals surface area contributed by atoms with Crippen LogP contribution >= 0.6 is 11.3 Å². The molecule has 1 amide bonds. The number of nitrogens with zero attached hydrogens (tertiary/aromatic N) is 3. The third kappa shape index (κ3) is 2.91. The lowest BCUT2D eigenvalue weighted by Gasteiger charge is -2.11. The molecule has 1 unspecified atom stereocenters. The Morgan fingerprint density at radius 3 is 3.12 bits per heavy atom. The number of benzene rings is 1. The van der Waals surface area contributed by atoms with E-state index in [0.29, 0.717) is 16.8 Å². The van der Waals surface area contributed by atoms with Crippen molar-refractivity contribution in [2.75, 3.05) is 0 Å². The minimum absolute atomic E-state index is 0.269. The monoisotopic (exact) mass is 355 g/mol. The van der Waals surface area contributed by atoms with Crippen LogP contribution in [0.1, 0.15) is 29.0 Å². The second-order valence-corrected chi connectivity index (χ2v) is 6.50. The van der Waals surface area contributed by atoms with Gasteiger partial charge in [-0.05, 0) is 19.1 Å². The Morgan fingerprint density at radius 1 is 1.44 bits per heavy atom. The van der Waals surface area contributed by atoms with Gasteiger partial charge in [-0.25, -0.2) is 9.37 Å². The third-order valence-electron chi connectivity index (χ3n) is 3.90. The van der Waals surface area contributed by atoms with E-state index in [1.54, 1.807) is 12.1 Å². The van der Waals surface area contributed by atoms with Crippen LogP contribution in [-0.4, -0.2) is 25.5 Å². The normalized spacial score (nSPS) is 12.4. The third-order valence-corrected chi connectivity index (χ3v) is 4.67. The minimum Gasteiger partial charge on any atom is -0.344 e. The highest BCUT2D eigenvalue weighted by molar-refractivity contribution is 7.15. The van der Waals surface area contributed by atoms with Crippen LogP contribution in [0, 0.1) is 5.82 Å². The largest absolute Gasteiger partial charge is 0.344 e. The first kappa shape index (κ1) is 15.5. The molecule has 0 aliphatic rings. The van der Waals surface area contributed by atoms with Crippen molar-refractivity contribution in [1.82, 2.24) is 24.9 Å². The van der Waals surface area contributed by atoms with Crippen molar-refractivity contribution in [1.29, 1.82) is 0 Å². The zero-order valence-corrected chi connectivity index (χ0v) is 14.0. The number of thiazole rings is 1.